The van der Waals surface area contributed by atoms with Gasteiger partial charge in [-0.1, -0.05) is 26.7 Å². The summed E-state index contributed by atoms with van der Waals surface area (Å²) >= 11 is 0. The first-order valence-electron chi connectivity index (χ1n) is 3.83. The maximum absolute atomic E-state index is 5.30. The molecule has 2 N–H and O–H groups in total. The van der Waals surface area contributed by atoms with Crippen molar-refractivity contribution in [3.05, 3.63) is 6.42 Å². The van der Waals surface area contributed by atoms with Crippen LogP contribution in [0, 0.1) is 12.3 Å². The molecule has 9 heavy (non-hydrogen) atoms. The topological polar surface area (TPSA) is 26.0 Å². The average Bonchev–Trinajstić information content (AvgIpc) is 1.89. The molecule has 0 aliphatic carbocycles. The van der Waals surface area contributed by atoms with E-state index in [1.54, 1.807) is 0 Å². The van der Waals surface area contributed by atoms with E-state index in [-0.39, 0.29) is 0 Å². The molecule has 0 saturated carbocycles. The van der Waals surface area contributed by atoms with Crippen LogP contribution in [0.4, 0.5) is 0 Å². The van der Waals surface area contributed by atoms with Gasteiger partial charge < -0.3 is 5.73 Å². The predicted octanol–water partition coefficient (Wildman–Crippen LogP) is 1.98. The van der Waals surface area contributed by atoms with Gasteiger partial charge in [-0.15, -0.1) is 0 Å². The van der Waals surface area contributed by atoms with E-state index in [1.165, 1.54) is 19.3 Å². The first-order valence-corrected chi connectivity index (χ1v) is 3.83. The van der Waals surface area contributed by atoms with Crippen molar-refractivity contribution in [2.75, 3.05) is 6.54 Å². The van der Waals surface area contributed by atoms with E-state index in [4.69, 9.17) is 5.73 Å². The minimum atomic E-state index is 0.733. The summed E-state index contributed by atoms with van der Waals surface area (Å²) in [5, 5.41) is 0. The number of nitrogens with two attached hydrogens (primary N) is 1. The largest absolute Gasteiger partial charge is 0.330 e. The third kappa shape index (κ3) is 5.84. The third-order valence-electron chi connectivity index (χ3n) is 1.73. The summed E-state index contributed by atoms with van der Waals surface area (Å²) < 4.78 is 0. The van der Waals surface area contributed by atoms with Crippen LogP contribution in [0.3, 0.4) is 0 Å². The van der Waals surface area contributed by atoms with Crippen molar-refractivity contribution in [3.63, 3.8) is 0 Å². The quantitative estimate of drug-likeness (QED) is 0.563. The SMILES string of the molecule is CCC(C)CC[CH]CN. The van der Waals surface area contributed by atoms with E-state index in [9.17, 15) is 0 Å². The molecule has 0 saturated heterocycles. The summed E-state index contributed by atoms with van der Waals surface area (Å²) in [5.74, 6) is 0.868. The second-order valence-electron chi connectivity index (χ2n) is 2.62. The fourth-order valence-electron chi connectivity index (χ4n) is 0.724. The molecule has 0 spiro atoms. The molecule has 1 heteroatoms. The van der Waals surface area contributed by atoms with Gasteiger partial charge in [0.2, 0.25) is 0 Å². The minimum absolute atomic E-state index is 0.733. The third-order valence-corrected chi connectivity index (χ3v) is 1.73. The normalized spacial score (nSPS) is 13.7. The lowest BCUT2D eigenvalue weighted by molar-refractivity contribution is 0.512. The maximum Gasteiger partial charge on any atom is -0.00457 e. The highest BCUT2D eigenvalue weighted by Crippen LogP contribution is 2.09. The standard InChI is InChI=1S/C8H18N/c1-3-8(2)6-4-5-7-9/h5,8H,3-4,6-7,9H2,1-2H3. The van der Waals surface area contributed by atoms with Crippen LogP contribution in [0.1, 0.15) is 33.1 Å². The van der Waals surface area contributed by atoms with Gasteiger partial charge in [0, 0.05) is 0 Å². The Balaban J connectivity index is 2.88. The maximum atomic E-state index is 5.30. The van der Waals surface area contributed by atoms with Gasteiger partial charge in [-0.2, -0.15) is 0 Å². The summed E-state index contributed by atoms with van der Waals surface area (Å²) in [4.78, 5) is 0. The Morgan fingerprint density at radius 2 is 2.22 bits per heavy atom. The van der Waals surface area contributed by atoms with Crippen molar-refractivity contribution in [1.29, 1.82) is 0 Å². The first-order chi connectivity index (χ1) is 4.31. The molecule has 0 aromatic rings. The molecule has 1 atom stereocenters. The van der Waals surface area contributed by atoms with Gasteiger partial charge in [0.1, 0.15) is 0 Å². The van der Waals surface area contributed by atoms with Crippen molar-refractivity contribution in [2.24, 2.45) is 11.7 Å². The molecule has 0 bridgehead atoms. The van der Waals surface area contributed by atoms with Gasteiger partial charge in [-0.3, -0.25) is 0 Å². The van der Waals surface area contributed by atoms with Gasteiger partial charge in [0.25, 0.3) is 0 Å². The Hall–Kier alpha value is -0.0400. The van der Waals surface area contributed by atoms with Crippen LogP contribution in [0.15, 0.2) is 0 Å². The molecular formula is C8H18N. The Morgan fingerprint density at radius 1 is 1.56 bits per heavy atom. The fourth-order valence-corrected chi connectivity index (χ4v) is 0.724. The number of hydrogen-bond donors (Lipinski definition) is 1. The molecule has 1 nitrogen and oxygen atoms in total. The molecule has 0 aliphatic rings. The first kappa shape index (κ1) is 8.96. The summed E-state index contributed by atoms with van der Waals surface area (Å²) in [6.45, 7) is 5.24. The lowest BCUT2D eigenvalue weighted by Gasteiger charge is -2.05. The van der Waals surface area contributed by atoms with Crippen LogP contribution >= 0.6 is 0 Å². The molecule has 0 aromatic carbocycles. The van der Waals surface area contributed by atoms with E-state index in [0.29, 0.717) is 0 Å². The summed E-state index contributed by atoms with van der Waals surface area (Å²) in [6.07, 6.45) is 5.92. The molecule has 1 radical (unpaired) electrons. The van der Waals surface area contributed by atoms with Crippen molar-refractivity contribution in [2.45, 2.75) is 33.1 Å². The number of unbranched alkanes of at least 4 members (excludes halogenated alkanes) is 1. The van der Waals surface area contributed by atoms with Gasteiger partial charge in [-0.05, 0) is 25.3 Å². The molecule has 1 unspecified atom stereocenters. The molecule has 0 fully saturated rings. The lowest BCUT2D eigenvalue weighted by atomic mass is 10.0. The Morgan fingerprint density at radius 3 is 2.67 bits per heavy atom. The van der Waals surface area contributed by atoms with Crippen molar-refractivity contribution in [3.8, 4) is 0 Å². The van der Waals surface area contributed by atoms with Crippen LogP contribution in [-0.2, 0) is 0 Å². The number of hydrogen-bond acceptors (Lipinski definition) is 1. The van der Waals surface area contributed by atoms with Crippen molar-refractivity contribution >= 4 is 0 Å². The molecular weight excluding hydrogens is 110 g/mol. The summed E-state index contributed by atoms with van der Waals surface area (Å²) in [7, 11) is 0. The van der Waals surface area contributed by atoms with Gasteiger partial charge in [0.05, 0.1) is 0 Å². The molecule has 0 rings (SSSR count). The van der Waals surface area contributed by atoms with E-state index < -0.39 is 0 Å². The van der Waals surface area contributed by atoms with Crippen molar-refractivity contribution < 1.29 is 0 Å². The van der Waals surface area contributed by atoms with Gasteiger partial charge >= 0.3 is 0 Å². The molecule has 0 heterocycles. The zero-order chi connectivity index (χ0) is 7.11. The minimum Gasteiger partial charge on any atom is -0.330 e. The second kappa shape index (κ2) is 6.09. The Kier molecular flexibility index (Phi) is 6.06. The lowest BCUT2D eigenvalue weighted by Crippen LogP contribution is -2.00. The van der Waals surface area contributed by atoms with Gasteiger partial charge in [0.15, 0.2) is 0 Å². The van der Waals surface area contributed by atoms with Crippen LogP contribution < -0.4 is 5.73 Å². The highest BCUT2D eigenvalue weighted by Gasteiger charge is 1.96. The Labute approximate surface area is 58.6 Å². The molecule has 0 aromatic heterocycles. The smallest absolute Gasteiger partial charge is 0.00457 e. The predicted molar refractivity (Wildman–Crippen MR) is 42.0 cm³/mol. The second-order valence-corrected chi connectivity index (χ2v) is 2.62. The molecule has 55 valence electrons. The van der Waals surface area contributed by atoms with E-state index >= 15 is 0 Å². The molecule has 0 aliphatic heterocycles. The highest BCUT2D eigenvalue weighted by molar-refractivity contribution is 4.65. The Bertz CT molecular complexity index is 52.5. The summed E-state index contributed by atoms with van der Waals surface area (Å²) in [6, 6.07) is 0. The van der Waals surface area contributed by atoms with Crippen LogP contribution in [0.5, 0.6) is 0 Å². The molecule has 0 amide bonds. The number of rotatable bonds is 5. The van der Waals surface area contributed by atoms with Gasteiger partial charge in [-0.25, -0.2) is 0 Å². The fraction of sp³-hybridized carbons (Fsp3) is 0.875. The highest BCUT2D eigenvalue weighted by atomic mass is 14.5. The monoisotopic (exact) mass is 128 g/mol. The zero-order valence-corrected chi connectivity index (χ0v) is 6.56. The van der Waals surface area contributed by atoms with E-state index in [2.05, 4.69) is 20.3 Å². The van der Waals surface area contributed by atoms with E-state index in [1.807, 2.05) is 0 Å². The summed E-state index contributed by atoms with van der Waals surface area (Å²) in [5.41, 5.74) is 5.30. The zero-order valence-electron chi connectivity index (χ0n) is 6.56. The van der Waals surface area contributed by atoms with E-state index in [0.717, 1.165) is 12.5 Å². The van der Waals surface area contributed by atoms with Crippen LogP contribution in [0.2, 0.25) is 0 Å². The average molecular weight is 128 g/mol. The van der Waals surface area contributed by atoms with Crippen LogP contribution in [-0.4, -0.2) is 6.54 Å². The van der Waals surface area contributed by atoms with Crippen molar-refractivity contribution in [1.82, 2.24) is 0 Å². The van der Waals surface area contributed by atoms with Crippen LogP contribution in [0.25, 0.3) is 0 Å².